The summed E-state index contributed by atoms with van der Waals surface area (Å²) in [4.78, 5) is 0. The lowest BCUT2D eigenvalue weighted by Gasteiger charge is -2.44. The molecule has 7 nitrogen and oxygen atoms in total. The lowest BCUT2D eigenvalue weighted by Crippen LogP contribution is -2.66. The van der Waals surface area contributed by atoms with Gasteiger partial charge in [-0.1, -0.05) is 5.92 Å². The molecule has 0 aliphatic carbocycles. The SMILES string of the molecule is C#CCOC1(O)O[C@H](CO)[C@H](O)[C@H](O)[C@H]1O. The van der Waals surface area contributed by atoms with Crippen molar-refractivity contribution in [2.75, 3.05) is 13.2 Å². The number of ether oxygens (including phenoxy) is 2. The second kappa shape index (κ2) is 5.07. The molecule has 0 aromatic rings. The van der Waals surface area contributed by atoms with Crippen LogP contribution in [-0.4, -0.2) is 69.1 Å². The van der Waals surface area contributed by atoms with Gasteiger partial charge < -0.3 is 35.0 Å². The van der Waals surface area contributed by atoms with Crippen LogP contribution in [0.25, 0.3) is 0 Å². The minimum Gasteiger partial charge on any atom is -0.394 e. The average molecular weight is 234 g/mol. The van der Waals surface area contributed by atoms with Crippen molar-refractivity contribution in [3.05, 3.63) is 0 Å². The maximum Gasteiger partial charge on any atom is 0.312 e. The molecule has 16 heavy (non-hydrogen) atoms. The van der Waals surface area contributed by atoms with Crippen LogP contribution in [0.15, 0.2) is 0 Å². The van der Waals surface area contributed by atoms with Crippen LogP contribution in [-0.2, 0) is 9.47 Å². The molecule has 0 saturated carbocycles. The van der Waals surface area contributed by atoms with Crippen molar-refractivity contribution >= 4 is 0 Å². The Kier molecular flexibility index (Phi) is 4.23. The van der Waals surface area contributed by atoms with E-state index < -0.39 is 37.0 Å². The van der Waals surface area contributed by atoms with Crippen molar-refractivity contribution in [3.63, 3.8) is 0 Å². The lowest BCUT2D eigenvalue weighted by atomic mass is 9.98. The van der Waals surface area contributed by atoms with Gasteiger partial charge >= 0.3 is 5.97 Å². The molecule has 0 spiro atoms. The van der Waals surface area contributed by atoms with Gasteiger partial charge in [-0.05, 0) is 0 Å². The fourth-order valence-corrected chi connectivity index (χ4v) is 1.39. The van der Waals surface area contributed by atoms with Crippen molar-refractivity contribution < 1.29 is 35.0 Å². The molecule has 0 bridgehead atoms. The molecule has 5 atom stereocenters. The van der Waals surface area contributed by atoms with E-state index >= 15 is 0 Å². The smallest absolute Gasteiger partial charge is 0.312 e. The normalized spacial score (nSPS) is 44.0. The fourth-order valence-electron chi connectivity index (χ4n) is 1.39. The summed E-state index contributed by atoms with van der Waals surface area (Å²) < 4.78 is 9.40. The molecule has 1 rings (SSSR count). The highest BCUT2D eigenvalue weighted by Crippen LogP contribution is 2.28. The van der Waals surface area contributed by atoms with Gasteiger partial charge in [0.05, 0.1) is 6.61 Å². The van der Waals surface area contributed by atoms with Crippen molar-refractivity contribution in [1.82, 2.24) is 0 Å². The molecule has 5 N–H and O–H groups in total. The van der Waals surface area contributed by atoms with E-state index in [-0.39, 0.29) is 6.61 Å². The number of hydrogen-bond acceptors (Lipinski definition) is 7. The van der Waals surface area contributed by atoms with Gasteiger partial charge in [-0.3, -0.25) is 0 Å². The lowest BCUT2D eigenvalue weighted by molar-refractivity contribution is -0.446. The predicted molar refractivity (Wildman–Crippen MR) is 49.7 cm³/mol. The summed E-state index contributed by atoms with van der Waals surface area (Å²) in [6.45, 7) is -1.03. The van der Waals surface area contributed by atoms with E-state index in [0.29, 0.717) is 0 Å². The standard InChI is InChI=1S/C9H14O7/c1-2-3-15-9(14)8(13)7(12)6(11)5(4-10)16-9/h1,5-8,10-14H,3-4H2/t5-,6+,7+,8-,9?/m1/s1. The Morgan fingerprint density at radius 1 is 1.31 bits per heavy atom. The van der Waals surface area contributed by atoms with Crippen molar-refractivity contribution in [2.45, 2.75) is 30.4 Å². The van der Waals surface area contributed by atoms with E-state index in [1.165, 1.54) is 0 Å². The van der Waals surface area contributed by atoms with Crippen LogP contribution in [0.2, 0.25) is 0 Å². The van der Waals surface area contributed by atoms with Gasteiger partial charge in [-0.25, -0.2) is 0 Å². The molecule has 1 aliphatic heterocycles. The highest BCUT2D eigenvalue weighted by Gasteiger charge is 2.53. The molecule has 0 radical (unpaired) electrons. The first-order valence-corrected chi connectivity index (χ1v) is 4.59. The molecule has 0 aromatic heterocycles. The summed E-state index contributed by atoms with van der Waals surface area (Å²) in [7, 11) is 0. The second-order valence-corrected chi connectivity index (χ2v) is 3.39. The van der Waals surface area contributed by atoms with Crippen molar-refractivity contribution in [2.24, 2.45) is 0 Å². The fraction of sp³-hybridized carbons (Fsp3) is 0.778. The van der Waals surface area contributed by atoms with Crippen LogP contribution in [0, 0.1) is 12.3 Å². The Balaban J connectivity index is 2.81. The summed E-state index contributed by atoms with van der Waals surface area (Å²) in [6, 6.07) is 0. The third-order valence-corrected chi connectivity index (χ3v) is 2.29. The Morgan fingerprint density at radius 2 is 1.94 bits per heavy atom. The van der Waals surface area contributed by atoms with Crippen LogP contribution in [0.3, 0.4) is 0 Å². The molecular formula is C9H14O7. The summed E-state index contributed by atoms with van der Waals surface area (Å²) in [5.41, 5.74) is 0. The Bertz CT molecular complexity index is 274. The number of terminal acetylenes is 1. The molecule has 92 valence electrons. The number of hydrogen-bond donors (Lipinski definition) is 5. The largest absolute Gasteiger partial charge is 0.394 e. The van der Waals surface area contributed by atoms with Crippen LogP contribution >= 0.6 is 0 Å². The van der Waals surface area contributed by atoms with E-state index in [9.17, 15) is 20.4 Å². The van der Waals surface area contributed by atoms with E-state index in [0.717, 1.165) is 0 Å². The minimum atomic E-state index is -2.54. The van der Waals surface area contributed by atoms with Gasteiger partial charge in [0.1, 0.15) is 24.9 Å². The van der Waals surface area contributed by atoms with Gasteiger partial charge in [0, 0.05) is 0 Å². The quantitative estimate of drug-likeness (QED) is 0.257. The van der Waals surface area contributed by atoms with Gasteiger partial charge in [-0.2, -0.15) is 0 Å². The Hall–Kier alpha value is -0.720. The van der Waals surface area contributed by atoms with Gasteiger partial charge in [0.15, 0.2) is 6.10 Å². The second-order valence-electron chi connectivity index (χ2n) is 3.39. The molecular weight excluding hydrogens is 220 g/mol. The number of rotatable bonds is 3. The first-order chi connectivity index (χ1) is 7.46. The molecule has 0 aromatic carbocycles. The molecule has 1 saturated heterocycles. The topological polar surface area (TPSA) is 120 Å². The summed E-state index contributed by atoms with van der Waals surface area (Å²) in [6.07, 6.45) is -1.52. The molecule has 1 aliphatic rings. The zero-order chi connectivity index (χ0) is 12.3. The van der Waals surface area contributed by atoms with E-state index in [4.69, 9.17) is 16.3 Å². The summed E-state index contributed by atoms with van der Waals surface area (Å²) in [5, 5.41) is 46.7. The van der Waals surface area contributed by atoms with E-state index in [1.807, 2.05) is 5.92 Å². The first kappa shape index (κ1) is 13.3. The van der Waals surface area contributed by atoms with Crippen LogP contribution in [0.4, 0.5) is 0 Å². The molecule has 1 unspecified atom stereocenters. The highest BCUT2D eigenvalue weighted by molar-refractivity contribution is 4.93. The van der Waals surface area contributed by atoms with Crippen LogP contribution < -0.4 is 0 Å². The maximum absolute atomic E-state index is 9.69. The van der Waals surface area contributed by atoms with Crippen LogP contribution in [0.5, 0.6) is 0 Å². The Morgan fingerprint density at radius 3 is 2.44 bits per heavy atom. The number of aliphatic hydroxyl groups excluding tert-OH is 4. The van der Waals surface area contributed by atoms with Gasteiger partial charge in [0.25, 0.3) is 0 Å². The molecule has 7 heteroatoms. The third-order valence-electron chi connectivity index (χ3n) is 2.29. The molecule has 0 amide bonds. The predicted octanol–water partition coefficient (Wildman–Crippen LogP) is -3.24. The minimum absolute atomic E-state index is 0.367. The summed E-state index contributed by atoms with van der Waals surface area (Å²) in [5.74, 6) is -0.504. The zero-order valence-electron chi connectivity index (χ0n) is 8.35. The average Bonchev–Trinajstić information content (AvgIpc) is 2.29. The first-order valence-electron chi connectivity index (χ1n) is 4.59. The molecule has 1 fully saturated rings. The van der Waals surface area contributed by atoms with Crippen molar-refractivity contribution in [1.29, 1.82) is 0 Å². The van der Waals surface area contributed by atoms with Crippen molar-refractivity contribution in [3.8, 4) is 12.3 Å². The third kappa shape index (κ3) is 2.34. The Labute approximate surface area is 91.9 Å². The zero-order valence-corrected chi connectivity index (χ0v) is 8.35. The van der Waals surface area contributed by atoms with E-state index in [1.54, 1.807) is 0 Å². The maximum atomic E-state index is 9.69. The van der Waals surface area contributed by atoms with Gasteiger partial charge in [0.2, 0.25) is 0 Å². The number of aliphatic hydroxyl groups is 5. The van der Waals surface area contributed by atoms with Crippen LogP contribution in [0.1, 0.15) is 0 Å². The highest BCUT2D eigenvalue weighted by atomic mass is 16.8. The van der Waals surface area contributed by atoms with Gasteiger partial charge in [-0.15, -0.1) is 6.42 Å². The summed E-state index contributed by atoms with van der Waals surface area (Å²) >= 11 is 0. The molecule has 1 heterocycles. The van der Waals surface area contributed by atoms with E-state index in [2.05, 4.69) is 4.74 Å². The monoisotopic (exact) mass is 234 g/mol.